The second kappa shape index (κ2) is 5.12. The molecule has 86 valence electrons. The molecule has 0 aliphatic rings. The highest BCUT2D eigenvalue weighted by molar-refractivity contribution is 8.00. The molecule has 2 N–H and O–H groups in total. The van der Waals surface area contributed by atoms with Gasteiger partial charge in [-0.25, -0.2) is 4.39 Å². The summed E-state index contributed by atoms with van der Waals surface area (Å²) >= 11 is 2.75. The Labute approximate surface area is 105 Å². The molecule has 1 heterocycles. The van der Waals surface area contributed by atoms with Crippen molar-refractivity contribution in [3.8, 4) is 6.07 Å². The van der Waals surface area contributed by atoms with Crippen LogP contribution in [0.1, 0.15) is 11.1 Å². The Bertz CT molecular complexity index is 576. The minimum Gasteiger partial charge on any atom is -0.374 e. The lowest BCUT2D eigenvalue weighted by atomic mass is 10.1. The first-order chi connectivity index (χ1) is 8.19. The van der Waals surface area contributed by atoms with Crippen LogP contribution in [0.4, 0.5) is 9.52 Å². The molecule has 0 saturated heterocycles. The molecule has 0 amide bonds. The van der Waals surface area contributed by atoms with E-state index in [1.807, 2.05) is 6.07 Å². The molecule has 17 heavy (non-hydrogen) atoms. The predicted octanol–water partition coefficient (Wildman–Crippen LogP) is 2.42. The summed E-state index contributed by atoms with van der Waals surface area (Å²) in [4.78, 5) is 0. The standard InChI is InChI=1S/C10H7FN4S2/c11-8-2-1-6(3-7(8)4-12)5-16-10-15-14-9(13)17-10/h1-3H,5H2,(H2,13,14). The Morgan fingerprint density at radius 2 is 2.29 bits per heavy atom. The monoisotopic (exact) mass is 266 g/mol. The molecule has 1 aromatic carbocycles. The van der Waals surface area contributed by atoms with Crippen LogP contribution in [0.5, 0.6) is 0 Å². The molecule has 0 aliphatic heterocycles. The van der Waals surface area contributed by atoms with E-state index in [0.29, 0.717) is 10.9 Å². The summed E-state index contributed by atoms with van der Waals surface area (Å²) in [6.07, 6.45) is 0. The summed E-state index contributed by atoms with van der Waals surface area (Å²) in [6.45, 7) is 0. The first-order valence-electron chi connectivity index (χ1n) is 4.59. The number of nitrogen functional groups attached to an aromatic ring is 1. The van der Waals surface area contributed by atoms with E-state index in [0.717, 1.165) is 9.90 Å². The van der Waals surface area contributed by atoms with Crippen LogP contribution in [0.25, 0.3) is 0 Å². The van der Waals surface area contributed by atoms with Gasteiger partial charge in [-0.15, -0.1) is 10.2 Å². The number of hydrogen-bond donors (Lipinski definition) is 1. The summed E-state index contributed by atoms with van der Waals surface area (Å²) in [6, 6.07) is 6.28. The number of nitrogens with zero attached hydrogens (tertiary/aromatic N) is 3. The first-order valence-corrected chi connectivity index (χ1v) is 6.39. The zero-order valence-electron chi connectivity index (χ0n) is 8.55. The third-order valence-electron chi connectivity index (χ3n) is 1.94. The maximum absolute atomic E-state index is 13.1. The van der Waals surface area contributed by atoms with Crippen LogP contribution in [0, 0.1) is 17.1 Å². The smallest absolute Gasteiger partial charge is 0.203 e. The van der Waals surface area contributed by atoms with Crippen LogP contribution in [0.15, 0.2) is 22.5 Å². The number of benzene rings is 1. The van der Waals surface area contributed by atoms with Crippen LogP contribution in [0.3, 0.4) is 0 Å². The van der Waals surface area contributed by atoms with Crippen molar-refractivity contribution < 1.29 is 4.39 Å². The normalized spacial score (nSPS) is 10.1. The Balaban J connectivity index is 2.07. The van der Waals surface area contributed by atoms with Gasteiger partial charge in [-0.2, -0.15) is 5.26 Å². The average molecular weight is 266 g/mol. The number of aromatic nitrogens is 2. The number of thioether (sulfide) groups is 1. The fourth-order valence-corrected chi connectivity index (χ4v) is 2.75. The molecule has 4 nitrogen and oxygen atoms in total. The zero-order valence-corrected chi connectivity index (χ0v) is 10.2. The van der Waals surface area contributed by atoms with E-state index in [2.05, 4.69) is 10.2 Å². The molecule has 0 aliphatic carbocycles. The second-order valence-corrected chi connectivity index (χ2v) is 5.35. The van der Waals surface area contributed by atoms with E-state index >= 15 is 0 Å². The first kappa shape index (κ1) is 11.8. The summed E-state index contributed by atoms with van der Waals surface area (Å²) in [7, 11) is 0. The Morgan fingerprint density at radius 1 is 1.47 bits per heavy atom. The fraction of sp³-hybridized carbons (Fsp3) is 0.100. The van der Waals surface area contributed by atoms with Crippen molar-refractivity contribution in [1.29, 1.82) is 5.26 Å². The number of hydrogen-bond acceptors (Lipinski definition) is 6. The van der Waals surface area contributed by atoms with Crippen LogP contribution in [0.2, 0.25) is 0 Å². The van der Waals surface area contributed by atoms with Crippen LogP contribution in [-0.2, 0) is 5.75 Å². The largest absolute Gasteiger partial charge is 0.374 e. The van der Waals surface area contributed by atoms with Gasteiger partial charge in [0.25, 0.3) is 0 Å². The average Bonchev–Trinajstić information content (AvgIpc) is 2.74. The maximum atomic E-state index is 13.1. The highest BCUT2D eigenvalue weighted by Gasteiger charge is 2.05. The highest BCUT2D eigenvalue weighted by atomic mass is 32.2. The maximum Gasteiger partial charge on any atom is 0.203 e. The molecule has 7 heteroatoms. The van der Waals surface area contributed by atoms with E-state index in [1.165, 1.54) is 35.2 Å². The van der Waals surface area contributed by atoms with Crippen molar-refractivity contribution in [2.24, 2.45) is 0 Å². The molecular formula is C10H7FN4S2. The van der Waals surface area contributed by atoms with Gasteiger partial charge in [0.1, 0.15) is 11.9 Å². The Hall–Kier alpha value is -1.65. The third kappa shape index (κ3) is 2.93. The molecule has 0 atom stereocenters. The molecule has 0 saturated carbocycles. The van der Waals surface area contributed by atoms with Gasteiger partial charge >= 0.3 is 0 Å². The minimum atomic E-state index is -0.499. The molecule has 0 fully saturated rings. The molecule has 0 spiro atoms. The van der Waals surface area contributed by atoms with Gasteiger partial charge in [0.15, 0.2) is 4.34 Å². The number of halogens is 1. The van der Waals surface area contributed by atoms with Crippen LogP contribution < -0.4 is 5.73 Å². The van der Waals surface area contributed by atoms with Gasteiger partial charge in [0.05, 0.1) is 5.56 Å². The molecule has 0 radical (unpaired) electrons. The van der Waals surface area contributed by atoms with Crippen LogP contribution in [-0.4, -0.2) is 10.2 Å². The summed E-state index contributed by atoms with van der Waals surface area (Å²) in [5, 5.41) is 16.7. The molecule has 2 rings (SSSR count). The van der Waals surface area contributed by atoms with Gasteiger partial charge in [-0.3, -0.25) is 0 Å². The molecule has 1 aromatic heterocycles. The Kier molecular flexibility index (Phi) is 3.56. The van der Waals surface area contributed by atoms with Gasteiger partial charge in [0.2, 0.25) is 5.13 Å². The van der Waals surface area contributed by atoms with E-state index < -0.39 is 5.82 Å². The van der Waals surface area contributed by atoms with Gasteiger partial charge in [-0.05, 0) is 17.7 Å². The van der Waals surface area contributed by atoms with E-state index in [1.54, 1.807) is 6.07 Å². The van der Waals surface area contributed by atoms with Crippen molar-refractivity contribution in [2.45, 2.75) is 10.1 Å². The van der Waals surface area contributed by atoms with Gasteiger partial charge < -0.3 is 5.73 Å². The summed E-state index contributed by atoms with van der Waals surface area (Å²) in [5.74, 6) is 0.102. The summed E-state index contributed by atoms with van der Waals surface area (Å²) in [5.41, 5.74) is 6.37. The predicted molar refractivity (Wildman–Crippen MR) is 65.0 cm³/mol. The second-order valence-electron chi connectivity index (χ2n) is 3.12. The van der Waals surface area contributed by atoms with Gasteiger partial charge in [-0.1, -0.05) is 29.2 Å². The molecular weight excluding hydrogens is 259 g/mol. The lowest BCUT2D eigenvalue weighted by Gasteiger charge is -2.00. The topological polar surface area (TPSA) is 75.6 Å². The van der Waals surface area contributed by atoms with Crippen molar-refractivity contribution >= 4 is 28.2 Å². The van der Waals surface area contributed by atoms with Crippen molar-refractivity contribution in [3.63, 3.8) is 0 Å². The van der Waals surface area contributed by atoms with Crippen LogP contribution >= 0.6 is 23.1 Å². The molecule has 0 unspecified atom stereocenters. The fourth-order valence-electron chi connectivity index (χ4n) is 1.17. The zero-order chi connectivity index (χ0) is 12.3. The highest BCUT2D eigenvalue weighted by Crippen LogP contribution is 2.27. The third-order valence-corrected chi connectivity index (χ3v) is 3.89. The van der Waals surface area contributed by atoms with Gasteiger partial charge in [0, 0.05) is 5.75 Å². The number of rotatable bonds is 3. The lowest BCUT2D eigenvalue weighted by molar-refractivity contribution is 0.623. The van der Waals surface area contributed by atoms with Crippen molar-refractivity contribution in [2.75, 3.05) is 5.73 Å². The quantitative estimate of drug-likeness (QED) is 0.863. The minimum absolute atomic E-state index is 0.0554. The Morgan fingerprint density at radius 3 is 2.94 bits per heavy atom. The SMILES string of the molecule is N#Cc1cc(CSc2nnc(N)s2)ccc1F. The molecule has 2 aromatic rings. The number of nitriles is 1. The molecule has 0 bridgehead atoms. The van der Waals surface area contributed by atoms with Crippen molar-refractivity contribution in [3.05, 3.63) is 35.1 Å². The van der Waals surface area contributed by atoms with E-state index in [4.69, 9.17) is 11.0 Å². The van der Waals surface area contributed by atoms with E-state index in [9.17, 15) is 4.39 Å². The van der Waals surface area contributed by atoms with Crippen molar-refractivity contribution in [1.82, 2.24) is 10.2 Å². The van der Waals surface area contributed by atoms with E-state index in [-0.39, 0.29) is 5.56 Å². The number of nitrogens with two attached hydrogens (primary N) is 1. The lowest BCUT2D eigenvalue weighted by Crippen LogP contribution is -1.87. The summed E-state index contributed by atoms with van der Waals surface area (Å²) < 4.78 is 13.8. The number of anilines is 1.